The van der Waals surface area contributed by atoms with Crippen LogP contribution in [0.15, 0.2) is 23.2 Å². The quantitative estimate of drug-likeness (QED) is 0.827. The molecule has 94 valence electrons. The molecule has 0 atom stereocenters. The highest BCUT2D eigenvalue weighted by Gasteiger charge is 2.14. The minimum absolute atomic E-state index is 0.637. The maximum atomic E-state index is 5.27. The molecule has 0 radical (unpaired) electrons. The van der Waals surface area contributed by atoms with Crippen molar-refractivity contribution in [1.82, 2.24) is 15.1 Å². The summed E-state index contributed by atoms with van der Waals surface area (Å²) in [7, 11) is 3.53. The average Bonchev–Trinajstić information content (AvgIpc) is 2.98. The first kappa shape index (κ1) is 10.9. The van der Waals surface area contributed by atoms with Gasteiger partial charge in [0.2, 0.25) is 5.88 Å². The molecule has 1 aromatic heterocycles. The third-order valence-corrected chi connectivity index (χ3v) is 2.95. The molecule has 1 aromatic carbocycles. The highest BCUT2D eigenvalue weighted by atomic mass is 16.5. The summed E-state index contributed by atoms with van der Waals surface area (Å²) in [6.45, 7) is 1.69. The van der Waals surface area contributed by atoms with Crippen LogP contribution < -0.4 is 15.4 Å². The minimum Gasteiger partial charge on any atom is -0.479 e. The molecule has 2 aromatic rings. The molecule has 18 heavy (non-hydrogen) atoms. The number of methoxy groups -OCH3 is 1. The zero-order chi connectivity index (χ0) is 12.5. The van der Waals surface area contributed by atoms with E-state index in [2.05, 4.69) is 20.7 Å². The van der Waals surface area contributed by atoms with Crippen molar-refractivity contribution in [3.8, 4) is 5.88 Å². The Bertz CT molecular complexity index is 616. The second-order valence-corrected chi connectivity index (χ2v) is 4.12. The van der Waals surface area contributed by atoms with Crippen LogP contribution in [0, 0.1) is 0 Å². The largest absolute Gasteiger partial charge is 0.479 e. The zero-order valence-electron chi connectivity index (χ0n) is 10.4. The van der Waals surface area contributed by atoms with Gasteiger partial charge in [-0.05, 0) is 12.1 Å². The van der Waals surface area contributed by atoms with Crippen molar-refractivity contribution < 1.29 is 4.74 Å². The van der Waals surface area contributed by atoms with Gasteiger partial charge in [-0.15, -0.1) is 5.10 Å². The van der Waals surface area contributed by atoms with E-state index >= 15 is 0 Å². The second kappa shape index (κ2) is 4.21. The Morgan fingerprint density at radius 1 is 1.44 bits per heavy atom. The van der Waals surface area contributed by atoms with Gasteiger partial charge in [-0.25, -0.2) is 0 Å². The number of hydrogen-bond donors (Lipinski definition) is 2. The number of aryl methyl sites for hydroxylation is 1. The maximum Gasteiger partial charge on any atom is 0.240 e. The lowest BCUT2D eigenvalue weighted by molar-refractivity contribution is 0.396. The van der Waals surface area contributed by atoms with Crippen LogP contribution in [0.4, 0.5) is 5.69 Å². The molecule has 2 N–H and O–H groups in total. The fraction of sp³-hybridized carbons (Fsp3) is 0.333. The monoisotopic (exact) mass is 245 g/mol. The molecule has 0 bridgehead atoms. The number of fused-ring (bicyclic) bond motifs is 1. The molecule has 6 heteroatoms. The van der Waals surface area contributed by atoms with Crippen molar-refractivity contribution in [1.29, 1.82) is 0 Å². The summed E-state index contributed by atoms with van der Waals surface area (Å²) < 4.78 is 7.08. The Hall–Kier alpha value is -2.24. The number of hydrogen-bond acceptors (Lipinski definition) is 5. The van der Waals surface area contributed by atoms with E-state index < -0.39 is 0 Å². The van der Waals surface area contributed by atoms with Crippen LogP contribution in [0.3, 0.4) is 0 Å². The Balaban J connectivity index is 2.08. The molecule has 1 aliphatic rings. The van der Waals surface area contributed by atoms with Gasteiger partial charge in [-0.2, -0.15) is 0 Å². The summed E-state index contributed by atoms with van der Waals surface area (Å²) in [4.78, 5) is 4.33. The highest BCUT2D eigenvalue weighted by molar-refractivity contribution is 6.03. The molecule has 0 spiro atoms. The van der Waals surface area contributed by atoms with Gasteiger partial charge in [0.25, 0.3) is 0 Å². The number of aliphatic imine (C=N–C) groups is 1. The minimum atomic E-state index is 0.637. The summed E-state index contributed by atoms with van der Waals surface area (Å²) >= 11 is 0. The topological polar surface area (TPSA) is 63.5 Å². The van der Waals surface area contributed by atoms with E-state index in [4.69, 9.17) is 4.74 Å². The molecule has 6 nitrogen and oxygen atoms in total. The molecular weight excluding hydrogens is 230 g/mol. The van der Waals surface area contributed by atoms with Crippen LogP contribution in [0.1, 0.15) is 0 Å². The van der Waals surface area contributed by atoms with Crippen LogP contribution in [-0.4, -0.2) is 35.9 Å². The fourth-order valence-electron chi connectivity index (χ4n) is 2.17. The lowest BCUT2D eigenvalue weighted by Crippen LogP contribution is -2.26. The molecule has 1 aliphatic heterocycles. The number of aromatic nitrogens is 2. The van der Waals surface area contributed by atoms with Gasteiger partial charge in [-0.1, -0.05) is 6.07 Å². The molecule has 0 saturated heterocycles. The van der Waals surface area contributed by atoms with Crippen LogP contribution in [0.25, 0.3) is 10.9 Å². The summed E-state index contributed by atoms with van der Waals surface area (Å²) in [6.07, 6.45) is 0. The van der Waals surface area contributed by atoms with E-state index in [9.17, 15) is 0 Å². The van der Waals surface area contributed by atoms with E-state index in [-0.39, 0.29) is 0 Å². The summed E-state index contributed by atoms with van der Waals surface area (Å²) in [5.74, 6) is 1.44. The lowest BCUT2D eigenvalue weighted by atomic mass is 10.2. The molecule has 3 rings (SSSR count). The average molecular weight is 245 g/mol. The van der Waals surface area contributed by atoms with Crippen molar-refractivity contribution >= 4 is 22.5 Å². The van der Waals surface area contributed by atoms with Gasteiger partial charge in [0, 0.05) is 13.6 Å². The van der Waals surface area contributed by atoms with Gasteiger partial charge in [0.15, 0.2) is 5.96 Å². The fourth-order valence-corrected chi connectivity index (χ4v) is 2.17. The second-order valence-electron chi connectivity index (χ2n) is 4.12. The van der Waals surface area contributed by atoms with E-state index in [0.717, 1.165) is 35.6 Å². The van der Waals surface area contributed by atoms with Gasteiger partial charge >= 0.3 is 0 Å². The van der Waals surface area contributed by atoms with E-state index in [0.29, 0.717) is 5.88 Å². The molecule has 0 unspecified atom stereocenters. The highest BCUT2D eigenvalue weighted by Crippen LogP contribution is 2.29. The van der Waals surface area contributed by atoms with E-state index in [1.165, 1.54) is 0 Å². The lowest BCUT2D eigenvalue weighted by Gasteiger charge is -2.08. The number of benzene rings is 1. The van der Waals surface area contributed by atoms with Crippen LogP contribution in [0.2, 0.25) is 0 Å². The molecule has 0 saturated carbocycles. The Morgan fingerprint density at radius 2 is 2.33 bits per heavy atom. The summed E-state index contributed by atoms with van der Waals surface area (Å²) in [6, 6.07) is 5.98. The maximum absolute atomic E-state index is 5.27. The van der Waals surface area contributed by atoms with Gasteiger partial charge in [0.1, 0.15) is 0 Å². The van der Waals surface area contributed by atoms with E-state index in [1.807, 2.05) is 29.9 Å². The van der Waals surface area contributed by atoms with Gasteiger partial charge in [0.05, 0.1) is 30.2 Å². The number of nitrogens with one attached hydrogen (secondary N) is 2. The Labute approximate surface area is 105 Å². The van der Waals surface area contributed by atoms with Crippen LogP contribution >= 0.6 is 0 Å². The Kier molecular flexibility index (Phi) is 2.55. The van der Waals surface area contributed by atoms with Crippen LogP contribution in [-0.2, 0) is 7.05 Å². The number of para-hydroxylation sites is 1. The SMILES string of the molecule is COc1nn(C)c2c(NC3=NCCN3)cccc12. The first-order chi connectivity index (χ1) is 8.79. The predicted octanol–water partition coefficient (Wildman–Crippen LogP) is 0.953. The molecular formula is C12H15N5O. The Morgan fingerprint density at radius 3 is 3.06 bits per heavy atom. The zero-order valence-corrected chi connectivity index (χ0v) is 10.4. The summed E-state index contributed by atoms with van der Waals surface area (Å²) in [5.41, 5.74) is 1.98. The number of anilines is 1. The van der Waals surface area contributed by atoms with Crippen molar-refractivity contribution in [2.24, 2.45) is 12.0 Å². The third-order valence-electron chi connectivity index (χ3n) is 2.95. The van der Waals surface area contributed by atoms with Gasteiger partial charge < -0.3 is 15.4 Å². The van der Waals surface area contributed by atoms with Crippen molar-refractivity contribution in [3.63, 3.8) is 0 Å². The first-order valence-corrected chi connectivity index (χ1v) is 5.84. The number of rotatable bonds is 2. The van der Waals surface area contributed by atoms with Gasteiger partial charge in [-0.3, -0.25) is 9.67 Å². The molecule has 0 fully saturated rings. The van der Waals surface area contributed by atoms with Crippen molar-refractivity contribution in [3.05, 3.63) is 18.2 Å². The van der Waals surface area contributed by atoms with Crippen molar-refractivity contribution in [2.75, 3.05) is 25.5 Å². The smallest absolute Gasteiger partial charge is 0.240 e. The van der Waals surface area contributed by atoms with Crippen LogP contribution in [0.5, 0.6) is 5.88 Å². The standard InChI is InChI=1S/C12H15N5O/c1-17-10-8(11(16-17)18-2)4-3-5-9(10)15-12-13-6-7-14-12/h3-5H,6-7H2,1-2H3,(H2,13,14,15). The normalized spacial score (nSPS) is 14.4. The molecule has 0 amide bonds. The number of nitrogens with zero attached hydrogens (tertiary/aromatic N) is 3. The molecule has 2 heterocycles. The third kappa shape index (κ3) is 1.66. The van der Waals surface area contributed by atoms with E-state index in [1.54, 1.807) is 7.11 Å². The number of ether oxygens (including phenoxy) is 1. The number of guanidine groups is 1. The first-order valence-electron chi connectivity index (χ1n) is 5.84. The summed E-state index contributed by atoms with van der Waals surface area (Å²) in [5, 5.41) is 11.8. The van der Waals surface area contributed by atoms with Crippen molar-refractivity contribution in [2.45, 2.75) is 0 Å². The molecule has 0 aliphatic carbocycles. The predicted molar refractivity (Wildman–Crippen MR) is 71.2 cm³/mol.